The molecule has 0 saturated carbocycles. The summed E-state index contributed by atoms with van der Waals surface area (Å²) < 4.78 is 12.9. The number of benzene rings is 2. The molecule has 0 amide bonds. The Morgan fingerprint density at radius 3 is 2.72 bits per heavy atom. The maximum absolute atomic E-state index is 5.86. The van der Waals surface area contributed by atoms with Gasteiger partial charge in [-0.2, -0.15) is 5.10 Å². The second-order valence-electron chi connectivity index (χ2n) is 6.58. The van der Waals surface area contributed by atoms with Gasteiger partial charge in [0.05, 0.1) is 24.7 Å². The predicted octanol–water partition coefficient (Wildman–Crippen LogP) is 4.32. The third-order valence-electron chi connectivity index (χ3n) is 4.54. The first kappa shape index (κ1) is 17.7. The molecule has 0 N–H and O–H groups in total. The average Bonchev–Trinajstić information content (AvgIpc) is 3.34. The molecule has 0 bridgehead atoms. The number of hydrogen-bond acceptors (Lipinski definition) is 7. The molecule has 5 rings (SSSR count). The second kappa shape index (κ2) is 7.21. The summed E-state index contributed by atoms with van der Waals surface area (Å²) in [6.07, 6.45) is 0.562. The lowest BCUT2D eigenvalue weighted by Crippen LogP contribution is -1.95. The highest BCUT2D eigenvalue weighted by Crippen LogP contribution is 2.32. The molecule has 2 aromatic carbocycles. The molecule has 0 aliphatic rings. The van der Waals surface area contributed by atoms with Crippen LogP contribution in [0, 0.1) is 6.92 Å². The maximum Gasteiger partial charge on any atom is 0.282 e. The molecule has 0 aliphatic heterocycles. The predicted molar refractivity (Wildman–Crippen MR) is 109 cm³/mol. The first-order valence-corrected chi connectivity index (χ1v) is 9.89. The van der Waals surface area contributed by atoms with Gasteiger partial charge >= 0.3 is 0 Å². The molecule has 0 atom stereocenters. The van der Waals surface area contributed by atoms with Crippen LogP contribution in [0.15, 0.2) is 69.3 Å². The number of rotatable bonds is 5. The molecular weight excluding hydrogens is 386 g/mol. The van der Waals surface area contributed by atoms with E-state index in [1.54, 1.807) is 7.11 Å². The third kappa shape index (κ3) is 3.42. The lowest BCUT2D eigenvalue weighted by Gasteiger charge is -2.05. The molecule has 8 heteroatoms. The van der Waals surface area contributed by atoms with Crippen molar-refractivity contribution in [3.05, 3.63) is 71.7 Å². The number of para-hydroxylation sites is 1. The summed E-state index contributed by atoms with van der Waals surface area (Å²) in [5.41, 5.74) is 3.78. The number of aromatic nitrogens is 5. The third-order valence-corrected chi connectivity index (χ3v) is 5.38. The van der Waals surface area contributed by atoms with E-state index in [1.165, 1.54) is 11.8 Å². The highest BCUT2D eigenvalue weighted by Gasteiger charge is 2.15. The Morgan fingerprint density at radius 2 is 1.90 bits per heavy atom. The van der Waals surface area contributed by atoms with Crippen LogP contribution in [0.2, 0.25) is 0 Å². The Morgan fingerprint density at radius 1 is 1.07 bits per heavy atom. The second-order valence-corrected chi connectivity index (χ2v) is 7.52. The quantitative estimate of drug-likeness (QED) is 0.404. The monoisotopic (exact) mass is 403 g/mol. The number of ether oxygens (including phenoxy) is 1. The smallest absolute Gasteiger partial charge is 0.282 e. The Bertz CT molecular complexity index is 1310. The minimum atomic E-state index is 0.465. The Hall–Kier alpha value is -3.39. The number of nitrogens with zero attached hydrogens (tertiary/aromatic N) is 5. The minimum absolute atomic E-state index is 0.465. The Labute approximate surface area is 170 Å². The summed E-state index contributed by atoms with van der Waals surface area (Å²) in [5, 5.41) is 15.2. The van der Waals surface area contributed by atoms with E-state index >= 15 is 0 Å². The number of hydrogen-bond donors (Lipinski definition) is 0. The molecule has 0 saturated heterocycles. The van der Waals surface area contributed by atoms with Crippen LogP contribution in [-0.2, 0) is 6.42 Å². The maximum atomic E-state index is 5.86. The van der Waals surface area contributed by atoms with Gasteiger partial charge in [-0.15, -0.1) is 10.2 Å². The van der Waals surface area contributed by atoms with Crippen LogP contribution < -0.4 is 4.74 Å². The van der Waals surface area contributed by atoms with E-state index in [9.17, 15) is 0 Å². The molecular formula is C21H17N5O2S. The van der Waals surface area contributed by atoms with Gasteiger partial charge in [-0.3, -0.25) is 0 Å². The molecule has 3 heterocycles. The first-order valence-electron chi connectivity index (χ1n) is 9.08. The molecule has 0 spiro atoms. The van der Waals surface area contributed by atoms with Crippen molar-refractivity contribution < 1.29 is 9.15 Å². The largest absolute Gasteiger partial charge is 0.497 e. The number of fused-ring (bicyclic) bond motifs is 3. The van der Waals surface area contributed by atoms with Gasteiger partial charge < -0.3 is 9.15 Å². The number of methoxy groups -OCH3 is 1. The van der Waals surface area contributed by atoms with E-state index < -0.39 is 0 Å². The van der Waals surface area contributed by atoms with Crippen LogP contribution in [0.4, 0.5) is 0 Å². The Kier molecular flexibility index (Phi) is 4.40. The van der Waals surface area contributed by atoms with E-state index in [0.717, 1.165) is 38.6 Å². The molecule has 0 radical (unpaired) electrons. The van der Waals surface area contributed by atoms with E-state index in [0.29, 0.717) is 17.5 Å². The average molecular weight is 403 g/mol. The molecule has 29 heavy (non-hydrogen) atoms. The zero-order valence-electron chi connectivity index (χ0n) is 15.9. The summed E-state index contributed by atoms with van der Waals surface area (Å²) in [6, 6.07) is 17.8. The van der Waals surface area contributed by atoms with Crippen LogP contribution >= 0.6 is 11.8 Å². The molecule has 0 aliphatic carbocycles. The summed E-state index contributed by atoms with van der Waals surface area (Å²) in [4.78, 5) is 4.75. The lowest BCUT2D eigenvalue weighted by molar-refractivity contribution is 0.413. The van der Waals surface area contributed by atoms with Crippen molar-refractivity contribution in [3.63, 3.8) is 0 Å². The van der Waals surface area contributed by atoms with Crippen molar-refractivity contribution in [2.24, 2.45) is 0 Å². The Balaban J connectivity index is 1.45. The molecule has 0 unspecified atom stereocenters. The van der Waals surface area contributed by atoms with Crippen LogP contribution in [0.25, 0.3) is 16.6 Å². The van der Waals surface area contributed by atoms with Gasteiger partial charge in [-0.05, 0) is 42.4 Å². The van der Waals surface area contributed by atoms with Crippen molar-refractivity contribution in [2.45, 2.75) is 23.6 Å². The van der Waals surface area contributed by atoms with Crippen molar-refractivity contribution in [2.75, 3.05) is 7.11 Å². The van der Waals surface area contributed by atoms with Gasteiger partial charge in [0.15, 0.2) is 5.65 Å². The first-order chi connectivity index (χ1) is 14.2. The fourth-order valence-electron chi connectivity index (χ4n) is 3.18. The highest BCUT2D eigenvalue weighted by atomic mass is 32.2. The lowest BCUT2D eigenvalue weighted by atomic mass is 10.1. The van der Waals surface area contributed by atoms with Crippen LogP contribution in [-0.4, -0.2) is 31.9 Å². The van der Waals surface area contributed by atoms with E-state index in [2.05, 4.69) is 15.3 Å². The van der Waals surface area contributed by atoms with Crippen LogP contribution in [0.1, 0.15) is 17.1 Å². The van der Waals surface area contributed by atoms with Gasteiger partial charge in [0.2, 0.25) is 5.89 Å². The zero-order valence-corrected chi connectivity index (χ0v) is 16.7. The fraction of sp³-hybridized carbons (Fsp3) is 0.143. The molecule has 144 valence electrons. The van der Waals surface area contributed by atoms with Gasteiger partial charge in [0, 0.05) is 11.5 Å². The van der Waals surface area contributed by atoms with Crippen LogP contribution in [0.3, 0.4) is 0 Å². The molecule has 3 aromatic heterocycles. The summed E-state index contributed by atoms with van der Waals surface area (Å²) in [7, 11) is 1.65. The normalized spacial score (nSPS) is 11.4. The minimum Gasteiger partial charge on any atom is -0.497 e. The van der Waals surface area contributed by atoms with Crippen molar-refractivity contribution in [1.82, 2.24) is 24.8 Å². The van der Waals surface area contributed by atoms with E-state index in [-0.39, 0.29) is 0 Å². The van der Waals surface area contributed by atoms with Crippen molar-refractivity contribution in [1.29, 1.82) is 0 Å². The molecule has 5 aromatic rings. The fourth-order valence-corrected chi connectivity index (χ4v) is 3.98. The van der Waals surface area contributed by atoms with Crippen molar-refractivity contribution >= 4 is 28.3 Å². The highest BCUT2D eigenvalue weighted by molar-refractivity contribution is 7.99. The SMILES string of the molecule is COc1ccc(Cc2nnc(Sc3nc4cc(C)nn4c4ccccc34)o2)cc1. The summed E-state index contributed by atoms with van der Waals surface area (Å²) in [6.45, 7) is 1.96. The molecule has 0 fully saturated rings. The van der Waals surface area contributed by atoms with Gasteiger partial charge in [-0.1, -0.05) is 30.3 Å². The van der Waals surface area contributed by atoms with Gasteiger partial charge in [0.25, 0.3) is 5.22 Å². The molecule has 7 nitrogen and oxygen atoms in total. The summed E-state index contributed by atoms with van der Waals surface area (Å²) >= 11 is 1.37. The van der Waals surface area contributed by atoms with Gasteiger partial charge in [0.1, 0.15) is 10.8 Å². The van der Waals surface area contributed by atoms with Gasteiger partial charge in [-0.25, -0.2) is 9.50 Å². The van der Waals surface area contributed by atoms with E-state index in [4.69, 9.17) is 14.1 Å². The zero-order chi connectivity index (χ0) is 19.8. The van der Waals surface area contributed by atoms with E-state index in [1.807, 2.05) is 66.0 Å². The van der Waals surface area contributed by atoms with Crippen LogP contribution in [0.5, 0.6) is 5.75 Å². The standard InChI is InChI=1S/C21H17N5O2S/c1-13-11-18-22-20(16-5-3-4-6-17(16)26(18)25-13)29-21-24-23-19(28-21)12-14-7-9-15(27-2)10-8-14/h3-11H,12H2,1-2H3. The number of aryl methyl sites for hydroxylation is 1. The topological polar surface area (TPSA) is 78.3 Å². The van der Waals surface area contributed by atoms with Crippen molar-refractivity contribution in [3.8, 4) is 5.75 Å². The summed E-state index contributed by atoms with van der Waals surface area (Å²) in [5.74, 6) is 1.38.